The van der Waals surface area contributed by atoms with Gasteiger partial charge in [-0.3, -0.25) is 9.69 Å². The SMILES string of the molecule is COc1ccc([C@@]2(C)NC(=O)N(Cc3cc(C)no3)C2=O)cc1OC. The molecule has 1 fully saturated rings. The minimum absolute atomic E-state index is 0.0222. The number of nitrogens with zero attached hydrogens (tertiary/aromatic N) is 2. The Morgan fingerprint density at radius 1 is 1.20 bits per heavy atom. The van der Waals surface area contributed by atoms with Crippen molar-refractivity contribution >= 4 is 11.9 Å². The molecule has 1 atom stereocenters. The maximum absolute atomic E-state index is 12.9. The first-order valence-corrected chi connectivity index (χ1v) is 7.68. The van der Waals surface area contributed by atoms with Gasteiger partial charge in [0, 0.05) is 6.07 Å². The van der Waals surface area contributed by atoms with Crippen LogP contribution in [0.4, 0.5) is 4.79 Å². The van der Waals surface area contributed by atoms with Crippen LogP contribution >= 0.6 is 0 Å². The molecule has 1 N–H and O–H groups in total. The van der Waals surface area contributed by atoms with Gasteiger partial charge < -0.3 is 19.3 Å². The van der Waals surface area contributed by atoms with Gasteiger partial charge in [0.15, 0.2) is 17.3 Å². The molecular formula is C17H19N3O5. The second kappa shape index (κ2) is 6.12. The Balaban J connectivity index is 1.91. The molecule has 0 aliphatic carbocycles. The van der Waals surface area contributed by atoms with Gasteiger partial charge >= 0.3 is 6.03 Å². The molecule has 8 heteroatoms. The van der Waals surface area contributed by atoms with Crippen LogP contribution in [0.2, 0.25) is 0 Å². The van der Waals surface area contributed by atoms with E-state index in [-0.39, 0.29) is 12.5 Å². The van der Waals surface area contributed by atoms with E-state index in [2.05, 4.69) is 10.5 Å². The summed E-state index contributed by atoms with van der Waals surface area (Å²) in [4.78, 5) is 26.4. The third kappa shape index (κ3) is 2.79. The van der Waals surface area contributed by atoms with Crippen molar-refractivity contribution in [2.45, 2.75) is 25.9 Å². The molecule has 0 spiro atoms. The molecule has 0 bridgehead atoms. The van der Waals surface area contributed by atoms with Gasteiger partial charge in [-0.05, 0) is 31.5 Å². The number of hydrogen-bond donors (Lipinski definition) is 1. The van der Waals surface area contributed by atoms with Crippen molar-refractivity contribution in [1.29, 1.82) is 0 Å². The monoisotopic (exact) mass is 345 g/mol. The minimum atomic E-state index is -1.20. The number of amides is 3. The van der Waals surface area contributed by atoms with Crippen LogP contribution in [0.25, 0.3) is 0 Å². The summed E-state index contributed by atoms with van der Waals surface area (Å²) >= 11 is 0. The fourth-order valence-electron chi connectivity index (χ4n) is 2.83. The molecule has 1 saturated heterocycles. The molecule has 2 heterocycles. The zero-order chi connectivity index (χ0) is 18.2. The van der Waals surface area contributed by atoms with Gasteiger partial charge in [-0.15, -0.1) is 0 Å². The van der Waals surface area contributed by atoms with Crippen molar-refractivity contribution in [1.82, 2.24) is 15.4 Å². The summed E-state index contributed by atoms with van der Waals surface area (Å²) in [5, 5.41) is 6.51. The first kappa shape index (κ1) is 16.8. The summed E-state index contributed by atoms with van der Waals surface area (Å²) in [6.07, 6.45) is 0. The van der Waals surface area contributed by atoms with Crippen molar-refractivity contribution in [3.8, 4) is 11.5 Å². The standard InChI is InChI=1S/C17H19N3O5/c1-10-7-12(25-19-10)9-20-15(21)17(2,18-16(20)22)11-5-6-13(23-3)14(8-11)24-4/h5-8H,9H2,1-4H3,(H,18,22)/t17-/m1/s1. The Labute approximate surface area is 144 Å². The van der Waals surface area contributed by atoms with E-state index in [0.29, 0.717) is 28.5 Å². The minimum Gasteiger partial charge on any atom is -0.493 e. The Hall–Kier alpha value is -3.03. The van der Waals surface area contributed by atoms with Crippen LogP contribution in [0, 0.1) is 6.92 Å². The van der Waals surface area contributed by atoms with Gasteiger partial charge in [-0.2, -0.15) is 0 Å². The van der Waals surface area contributed by atoms with Crippen LogP contribution in [0.15, 0.2) is 28.8 Å². The van der Waals surface area contributed by atoms with Gasteiger partial charge in [0.1, 0.15) is 5.54 Å². The van der Waals surface area contributed by atoms with E-state index in [9.17, 15) is 9.59 Å². The molecule has 25 heavy (non-hydrogen) atoms. The number of carbonyl (C=O) groups excluding carboxylic acids is 2. The van der Waals surface area contributed by atoms with Crippen LogP contribution in [-0.4, -0.2) is 36.2 Å². The summed E-state index contributed by atoms with van der Waals surface area (Å²) in [5.41, 5.74) is 0.0792. The van der Waals surface area contributed by atoms with Crippen LogP contribution < -0.4 is 14.8 Å². The third-order valence-electron chi connectivity index (χ3n) is 4.23. The fraction of sp³-hybridized carbons (Fsp3) is 0.353. The second-order valence-corrected chi connectivity index (χ2v) is 5.95. The quantitative estimate of drug-likeness (QED) is 0.833. The average Bonchev–Trinajstić information content (AvgIpc) is 3.11. The lowest BCUT2D eigenvalue weighted by Crippen LogP contribution is -2.40. The van der Waals surface area contributed by atoms with E-state index >= 15 is 0 Å². The zero-order valence-corrected chi connectivity index (χ0v) is 14.5. The molecular weight excluding hydrogens is 326 g/mol. The van der Waals surface area contributed by atoms with E-state index in [1.807, 2.05) is 0 Å². The number of benzene rings is 1. The van der Waals surface area contributed by atoms with Gasteiger partial charge in [-0.25, -0.2) is 4.79 Å². The van der Waals surface area contributed by atoms with E-state index in [1.165, 1.54) is 14.2 Å². The van der Waals surface area contributed by atoms with Gasteiger partial charge in [0.05, 0.1) is 26.5 Å². The predicted molar refractivity (Wildman–Crippen MR) is 87.2 cm³/mol. The fourth-order valence-corrected chi connectivity index (χ4v) is 2.83. The summed E-state index contributed by atoms with van der Waals surface area (Å²) in [5.74, 6) is 1.09. The van der Waals surface area contributed by atoms with Crippen molar-refractivity contribution in [3.63, 3.8) is 0 Å². The Morgan fingerprint density at radius 2 is 1.92 bits per heavy atom. The number of imide groups is 1. The first-order valence-electron chi connectivity index (χ1n) is 7.68. The van der Waals surface area contributed by atoms with Crippen molar-refractivity contribution in [3.05, 3.63) is 41.3 Å². The van der Waals surface area contributed by atoms with E-state index in [4.69, 9.17) is 14.0 Å². The number of hydrogen-bond acceptors (Lipinski definition) is 6. The second-order valence-electron chi connectivity index (χ2n) is 5.95. The van der Waals surface area contributed by atoms with Crippen LogP contribution in [0.5, 0.6) is 11.5 Å². The summed E-state index contributed by atoms with van der Waals surface area (Å²) < 4.78 is 15.6. The molecule has 0 saturated carbocycles. The molecule has 2 aromatic rings. The number of aryl methyl sites for hydroxylation is 1. The predicted octanol–water partition coefficient (Wildman–Crippen LogP) is 1.97. The number of rotatable bonds is 5. The molecule has 0 radical (unpaired) electrons. The van der Waals surface area contributed by atoms with E-state index < -0.39 is 11.6 Å². The third-order valence-corrected chi connectivity index (χ3v) is 4.23. The molecule has 8 nitrogen and oxygen atoms in total. The summed E-state index contributed by atoms with van der Waals surface area (Å²) in [6.45, 7) is 3.45. The highest BCUT2D eigenvalue weighted by Gasteiger charge is 2.49. The zero-order valence-electron chi connectivity index (χ0n) is 14.5. The molecule has 1 aromatic carbocycles. The first-order chi connectivity index (χ1) is 11.9. The smallest absolute Gasteiger partial charge is 0.325 e. The maximum atomic E-state index is 12.9. The number of nitrogens with one attached hydrogen (secondary N) is 1. The number of aromatic nitrogens is 1. The highest BCUT2D eigenvalue weighted by Crippen LogP contribution is 2.35. The lowest BCUT2D eigenvalue weighted by molar-refractivity contribution is -0.131. The molecule has 132 valence electrons. The normalized spacial score (nSPS) is 19.9. The Bertz CT molecular complexity index is 831. The van der Waals surface area contributed by atoms with Crippen LogP contribution in [0.3, 0.4) is 0 Å². The number of methoxy groups -OCH3 is 2. The van der Waals surface area contributed by atoms with Gasteiger partial charge in [0.2, 0.25) is 0 Å². The highest BCUT2D eigenvalue weighted by atomic mass is 16.5. The van der Waals surface area contributed by atoms with Crippen molar-refractivity contribution in [2.24, 2.45) is 0 Å². The maximum Gasteiger partial charge on any atom is 0.325 e. The summed E-state index contributed by atoms with van der Waals surface area (Å²) in [7, 11) is 3.04. The van der Waals surface area contributed by atoms with E-state index in [1.54, 1.807) is 38.1 Å². The highest BCUT2D eigenvalue weighted by molar-refractivity contribution is 6.07. The van der Waals surface area contributed by atoms with Gasteiger partial charge in [-0.1, -0.05) is 11.2 Å². The molecule has 1 aliphatic rings. The van der Waals surface area contributed by atoms with E-state index in [0.717, 1.165) is 4.90 Å². The van der Waals surface area contributed by atoms with Crippen LogP contribution in [0.1, 0.15) is 23.9 Å². The topological polar surface area (TPSA) is 93.9 Å². The molecule has 3 rings (SSSR count). The van der Waals surface area contributed by atoms with Crippen LogP contribution in [-0.2, 0) is 16.9 Å². The number of carbonyl (C=O) groups is 2. The van der Waals surface area contributed by atoms with Crippen molar-refractivity contribution in [2.75, 3.05) is 14.2 Å². The van der Waals surface area contributed by atoms with Gasteiger partial charge in [0.25, 0.3) is 5.91 Å². The summed E-state index contributed by atoms with van der Waals surface area (Å²) in [6, 6.07) is 6.30. The lowest BCUT2D eigenvalue weighted by Gasteiger charge is -2.23. The Morgan fingerprint density at radius 3 is 2.52 bits per heavy atom. The molecule has 3 amide bonds. The average molecular weight is 345 g/mol. The van der Waals surface area contributed by atoms with Crippen molar-refractivity contribution < 1.29 is 23.6 Å². The largest absolute Gasteiger partial charge is 0.493 e. The lowest BCUT2D eigenvalue weighted by atomic mass is 9.91. The Kier molecular flexibility index (Phi) is 4.12. The number of urea groups is 1. The number of ether oxygens (including phenoxy) is 2. The molecule has 1 aromatic heterocycles. The molecule has 0 unspecified atom stereocenters. The molecule has 1 aliphatic heterocycles.